The number of benzene rings is 2. The van der Waals surface area contributed by atoms with Gasteiger partial charge in [0.25, 0.3) is 5.56 Å². The number of rotatable bonds is 1. The van der Waals surface area contributed by atoms with Crippen molar-refractivity contribution in [2.75, 3.05) is 0 Å². The van der Waals surface area contributed by atoms with Gasteiger partial charge < -0.3 is 4.98 Å². The van der Waals surface area contributed by atoms with Crippen LogP contribution in [-0.4, -0.2) is 9.55 Å². The first-order valence-corrected chi connectivity index (χ1v) is 7.01. The maximum absolute atomic E-state index is 12.5. The molecule has 3 rings (SSSR count). The predicted octanol–water partition coefficient (Wildman–Crippen LogP) is 3.64. The molecular formula is C14H7Cl3N2O2. The van der Waals surface area contributed by atoms with Crippen LogP contribution < -0.4 is 11.2 Å². The summed E-state index contributed by atoms with van der Waals surface area (Å²) in [4.78, 5) is 27.3. The molecule has 4 nitrogen and oxygen atoms in total. The number of H-pyrrole nitrogens is 1. The van der Waals surface area contributed by atoms with Crippen LogP contribution in [0.15, 0.2) is 46.0 Å². The lowest BCUT2D eigenvalue weighted by Gasteiger charge is -2.07. The molecule has 7 heteroatoms. The van der Waals surface area contributed by atoms with E-state index >= 15 is 0 Å². The molecule has 1 aromatic heterocycles. The van der Waals surface area contributed by atoms with E-state index in [4.69, 9.17) is 34.8 Å². The molecule has 0 spiro atoms. The molecule has 0 saturated heterocycles. The van der Waals surface area contributed by atoms with Crippen molar-refractivity contribution >= 4 is 45.7 Å². The monoisotopic (exact) mass is 340 g/mol. The molecule has 0 saturated carbocycles. The smallest absolute Gasteiger partial charge is 0.306 e. The highest BCUT2D eigenvalue weighted by Gasteiger charge is 2.11. The SMILES string of the molecule is O=c1[nH]c2ccc(Cl)cc2c(=O)n1-c1ccc(Cl)c(Cl)c1. The molecule has 0 fully saturated rings. The van der Waals surface area contributed by atoms with Gasteiger partial charge in [0.05, 0.1) is 26.6 Å². The van der Waals surface area contributed by atoms with Crippen LogP contribution in [0.3, 0.4) is 0 Å². The molecule has 3 aromatic rings. The van der Waals surface area contributed by atoms with Gasteiger partial charge in [-0.15, -0.1) is 0 Å². The Balaban J connectivity index is 2.39. The van der Waals surface area contributed by atoms with Crippen molar-refractivity contribution in [3.63, 3.8) is 0 Å². The average Bonchev–Trinajstić information content (AvgIpc) is 2.44. The van der Waals surface area contributed by atoms with E-state index in [2.05, 4.69) is 4.98 Å². The van der Waals surface area contributed by atoms with E-state index in [1.54, 1.807) is 18.2 Å². The standard InChI is InChI=1S/C14H7Cl3N2O2/c15-7-1-4-12-9(5-7)13(20)19(14(21)18-12)8-2-3-10(16)11(17)6-8/h1-6H,(H,18,21). The summed E-state index contributed by atoms with van der Waals surface area (Å²) in [5.74, 6) is 0. The van der Waals surface area contributed by atoms with Gasteiger partial charge in [-0.2, -0.15) is 0 Å². The Morgan fingerprint density at radius 2 is 1.67 bits per heavy atom. The molecule has 1 N–H and O–H groups in total. The minimum absolute atomic E-state index is 0.256. The molecule has 0 radical (unpaired) electrons. The molecule has 0 unspecified atom stereocenters. The summed E-state index contributed by atoms with van der Waals surface area (Å²) >= 11 is 17.7. The van der Waals surface area contributed by atoms with Gasteiger partial charge in [-0.3, -0.25) is 4.79 Å². The highest BCUT2D eigenvalue weighted by atomic mass is 35.5. The van der Waals surface area contributed by atoms with E-state index in [9.17, 15) is 9.59 Å². The summed E-state index contributed by atoms with van der Waals surface area (Å²) in [6, 6.07) is 9.21. The Bertz CT molecular complexity index is 976. The van der Waals surface area contributed by atoms with E-state index in [0.717, 1.165) is 4.57 Å². The van der Waals surface area contributed by atoms with Crippen LogP contribution in [0.4, 0.5) is 0 Å². The fourth-order valence-electron chi connectivity index (χ4n) is 2.04. The number of halogens is 3. The molecule has 0 atom stereocenters. The highest BCUT2D eigenvalue weighted by Crippen LogP contribution is 2.23. The molecule has 2 aromatic carbocycles. The number of nitrogens with zero attached hydrogens (tertiary/aromatic N) is 1. The lowest BCUT2D eigenvalue weighted by Crippen LogP contribution is -2.33. The summed E-state index contributed by atoms with van der Waals surface area (Å²) in [5.41, 5.74) is -0.286. The third-order valence-corrected chi connectivity index (χ3v) is 4.00. The molecule has 0 aliphatic carbocycles. The van der Waals surface area contributed by atoms with Crippen LogP contribution >= 0.6 is 34.8 Å². The molecule has 0 aliphatic rings. The lowest BCUT2D eigenvalue weighted by atomic mass is 10.2. The van der Waals surface area contributed by atoms with Gasteiger partial charge in [0.2, 0.25) is 0 Å². The third-order valence-electron chi connectivity index (χ3n) is 3.02. The molecule has 0 bridgehead atoms. The fourth-order valence-corrected chi connectivity index (χ4v) is 2.51. The minimum atomic E-state index is -0.562. The van der Waals surface area contributed by atoms with Crippen LogP contribution in [0.1, 0.15) is 0 Å². The van der Waals surface area contributed by atoms with Crippen molar-refractivity contribution in [3.8, 4) is 5.69 Å². The zero-order valence-electron chi connectivity index (χ0n) is 10.4. The molecule has 1 heterocycles. The fraction of sp³-hybridized carbons (Fsp3) is 0. The summed E-state index contributed by atoms with van der Waals surface area (Å²) < 4.78 is 0.987. The Hall–Kier alpha value is -1.75. The summed E-state index contributed by atoms with van der Waals surface area (Å²) in [7, 11) is 0. The van der Waals surface area contributed by atoms with Crippen molar-refractivity contribution < 1.29 is 0 Å². The predicted molar refractivity (Wildman–Crippen MR) is 85.2 cm³/mol. The van der Waals surface area contributed by atoms with Crippen LogP contribution in [0, 0.1) is 0 Å². The third kappa shape index (κ3) is 2.46. The lowest BCUT2D eigenvalue weighted by molar-refractivity contribution is 0.901. The largest absolute Gasteiger partial charge is 0.333 e. The zero-order valence-corrected chi connectivity index (χ0v) is 12.6. The van der Waals surface area contributed by atoms with E-state index in [0.29, 0.717) is 26.6 Å². The Morgan fingerprint density at radius 1 is 0.905 bits per heavy atom. The first-order valence-electron chi connectivity index (χ1n) is 5.87. The number of fused-ring (bicyclic) bond motifs is 1. The van der Waals surface area contributed by atoms with Crippen molar-refractivity contribution in [2.45, 2.75) is 0 Å². The second-order valence-corrected chi connectivity index (χ2v) is 5.61. The van der Waals surface area contributed by atoms with E-state index in [1.807, 2.05) is 0 Å². The van der Waals surface area contributed by atoms with Gasteiger partial charge in [0, 0.05) is 5.02 Å². The highest BCUT2D eigenvalue weighted by molar-refractivity contribution is 6.42. The summed E-state index contributed by atoms with van der Waals surface area (Å²) in [6.07, 6.45) is 0. The number of hydrogen-bond acceptors (Lipinski definition) is 2. The topological polar surface area (TPSA) is 54.9 Å². The Kier molecular flexibility index (Phi) is 3.53. The second kappa shape index (κ2) is 5.22. The van der Waals surface area contributed by atoms with Gasteiger partial charge in [-0.1, -0.05) is 34.8 Å². The number of aromatic amines is 1. The van der Waals surface area contributed by atoms with E-state index < -0.39 is 11.2 Å². The Morgan fingerprint density at radius 3 is 2.38 bits per heavy atom. The van der Waals surface area contributed by atoms with Crippen LogP contribution in [-0.2, 0) is 0 Å². The van der Waals surface area contributed by atoms with Gasteiger partial charge in [0.1, 0.15) is 0 Å². The molecule has 0 amide bonds. The van der Waals surface area contributed by atoms with Crippen LogP contribution in [0.25, 0.3) is 16.6 Å². The maximum Gasteiger partial charge on any atom is 0.333 e. The molecule has 21 heavy (non-hydrogen) atoms. The zero-order chi connectivity index (χ0) is 15.1. The maximum atomic E-state index is 12.5. The van der Waals surface area contributed by atoms with Gasteiger partial charge in [0.15, 0.2) is 0 Å². The first-order chi connectivity index (χ1) is 9.97. The number of hydrogen-bond donors (Lipinski definition) is 1. The number of nitrogens with one attached hydrogen (secondary N) is 1. The van der Waals surface area contributed by atoms with Crippen molar-refractivity contribution in [1.29, 1.82) is 0 Å². The van der Waals surface area contributed by atoms with Gasteiger partial charge >= 0.3 is 5.69 Å². The molecule has 0 aliphatic heterocycles. The van der Waals surface area contributed by atoms with Gasteiger partial charge in [-0.05, 0) is 36.4 Å². The van der Waals surface area contributed by atoms with Crippen LogP contribution in [0.5, 0.6) is 0 Å². The minimum Gasteiger partial charge on any atom is -0.306 e. The molecule has 106 valence electrons. The normalized spacial score (nSPS) is 11.0. The quantitative estimate of drug-likeness (QED) is 0.734. The first kappa shape index (κ1) is 14.2. The van der Waals surface area contributed by atoms with Crippen molar-refractivity contribution in [1.82, 2.24) is 9.55 Å². The summed E-state index contributed by atoms with van der Waals surface area (Å²) in [6.45, 7) is 0. The summed E-state index contributed by atoms with van der Waals surface area (Å²) in [5, 5.41) is 1.32. The van der Waals surface area contributed by atoms with Crippen LogP contribution in [0.2, 0.25) is 15.1 Å². The Labute approximate surface area is 133 Å². The van der Waals surface area contributed by atoms with Crippen molar-refractivity contribution in [2.24, 2.45) is 0 Å². The van der Waals surface area contributed by atoms with Crippen molar-refractivity contribution in [3.05, 3.63) is 72.3 Å². The van der Waals surface area contributed by atoms with Gasteiger partial charge in [-0.25, -0.2) is 9.36 Å². The molecular weight excluding hydrogens is 335 g/mol. The van der Waals surface area contributed by atoms with E-state index in [-0.39, 0.29) is 5.02 Å². The average molecular weight is 342 g/mol. The second-order valence-electron chi connectivity index (χ2n) is 4.36. The number of aromatic nitrogens is 2. The van der Waals surface area contributed by atoms with E-state index in [1.165, 1.54) is 18.2 Å².